The number of nitrogens with one attached hydrogen (secondary N) is 1. The van der Waals surface area contributed by atoms with Crippen LogP contribution in [0, 0.1) is 3.57 Å². The van der Waals surface area contributed by atoms with Gasteiger partial charge in [-0.1, -0.05) is 0 Å². The van der Waals surface area contributed by atoms with Crippen molar-refractivity contribution in [2.45, 2.75) is 45.1 Å². The Bertz CT molecular complexity index is 816. The fourth-order valence-electron chi connectivity index (χ4n) is 3.21. The van der Waals surface area contributed by atoms with E-state index in [1.54, 1.807) is 0 Å². The Morgan fingerprint density at radius 1 is 1.26 bits per heavy atom. The van der Waals surface area contributed by atoms with Gasteiger partial charge >= 0.3 is 6.09 Å². The molecule has 10 heteroatoms. The average Bonchev–Trinajstić information content (AvgIpc) is 3.08. The van der Waals surface area contributed by atoms with E-state index in [9.17, 15) is 4.79 Å². The van der Waals surface area contributed by atoms with Crippen LogP contribution >= 0.6 is 22.6 Å². The lowest BCUT2D eigenvalue weighted by Gasteiger charge is -2.31. The molecule has 1 amide bonds. The van der Waals surface area contributed by atoms with Gasteiger partial charge in [0, 0.05) is 39.3 Å². The minimum Gasteiger partial charge on any atom is -0.444 e. The second-order valence-electron chi connectivity index (χ2n) is 7.80. The Hall–Kier alpha value is -1.85. The molecule has 1 saturated heterocycles. The van der Waals surface area contributed by atoms with E-state index in [-0.39, 0.29) is 0 Å². The topological polar surface area (TPSA) is 90.1 Å². The van der Waals surface area contributed by atoms with Crippen LogP contribution in [0.5, 0.6) is 0 Å². The third kappa shape index (κ3) is 4.71. The van der Waals surface area contributed by atoms with Crippen molar-refractivity contribution in [3.05, 3.63) is 15.6 Å². The van der Waals surface area contributed by atoms with Crippen molar-refractivity contribution in [1.29, 1.82) is 0 Å². The zero-order valence-electron chi connectivity index (χ0n) is 16.4. The second kappa shape index (κ2) is 7.64. The Kier molecular flexibility index (Phi) is 5.63. The lowest BCUT2D eigenvalue weighted by molar-refractivity contribution is 0.0634. The molecule has 1 aliphatic rings. The van der Waals surface area contributed by atoms with E-state index in [0.717, 1.165) is 41.1 Å². The number of carbonyl (C=O) groups excluding carboxylic acids is 1. The number of anilines is 2. The van der Waals surface area contributed by atoms with E-state index >= 15 is 0 Å². The maximum absolute atomic E-state index is 12.0. The van der Waals surface area contributed by atoms with Crippen LogP contribution < -0.4 is 10.2 Å². The number of amides is 1. The molecule has 0 aliphatic carbocycles. The fourth-order valence-corrected chi connectivity index (χ4v) is 4.06. The number of hydrogen-bond acceptors (Lipinski definition) is 6. The first-order chi connectivity index (χ1) is 12.6. The number of carbonyl (C=O) groups is 1. The van der Waals surface area contributed by atoms with Gasteiger partial charge in [0.2, 0.25) is 5.95 Å². The van der Waals surface area contributed by atoms with Crippen molar-refractivity contribution in [3.63, 3.8) is 0 Å². The van der Waals surface area contributed by atoms with Crippen molar-refractivity contribution < 1.29 is 9.53 Å². The van der Waals surface area contributed by atoms with E-state index in [1.165, 1.54) is 0 Å². The van der Waals surface area contributed by atoms with E-state index in [0.29, 0.717) is 11.9 Å². The predicted octanol–water partition coefficient (Wildman–Crippen LogP) is 2.88. The fraction of sp³-hybridized carbons (Fsp3) is 0.647. The van der Waals surface area contributed by atoms with Crippen molar-refractivity contribution in [1.82, 2.24) is 24.5 Å². The van der Waals surface area contributed by atoms with Gasteiger partial charge in [-0.25, -0.2) is 4.79 Å². The molecule has 0 unspecified atom stereocenters. The van der Waals surface area contributed by atoms with Crippen LogP contribution in [-0.4, -0.2) is 49.3 Å². The quantitative estimate of drug-likeness (QED) is 0.670. The second-order valence-corrected chi connectivity index (χ2v) is 8.97. The first kappa shape index (κ1) is 19.9. The van der Waals surface area contributed by atoms with Gasteiger partial charge in [-0.3, -0.25) is 14.6 Å². The smallest absolute Gasteiger partial charge is 0.414 e. The first-order valence-electron chi connectivity index (χ1n) is 8.97. The van der Waals surface area contributed by atoms with Crippen molar-refractivity contribution in [3.8, 4) is 0 Å². The number of aromatic nitrogens is 5. The highest BCUT2D eigenvalue weighted by atomic mass is 127. The third-order valence-corrected chi connectivity index (χ3v) is 5.21. The number of hydrogen-bond donors (Lipinski definition) is 1. The normalized spacial score (nSPS) is 15.9. The van der Waals surface area contributed by atoms with E-state index in [1.807, 2.05) is 50.3 Å². The summed E-state index contributed by atoms with van der Waals surface area (Å²) >= 11 is 2.33. The summed E-state index contributed by atoms with van der Waals surface area (Å²) in [6.07, 6.45) is 3.43. The lowest BCUT2D eigenvalue weighted by atomic mass is 9.96. The summed E-state index contributed by atoms with van der Waals surface area (Å²) in [6, 6.07) is 0. The number of nitrogens with zero attached hydrogens (tertiary/aromatic N) is 6. The summed E-state index contributed by atoms with van der Waals surface area (Å²) in [7, 11) is 3.81. The molecule has 0 saturated carbocycles. The van der Waals surface area contributed by atoms with Crippen LogP contribution in [-0.2, 0) is 18.8 Å². The van der Waals surface area contributed by atoms with Crippen LogP contribution in [0.4, 0.5) is 16.6 Å². The maximum Gasteiger partial charge on any atom is 0.414 e. The summed E-state index contributed by atoms with van der Waals surface area (Å²) in [6.45, 7) is 7.31. The summed E-state index contributed by atoms with van der Waals surface area (Å²) in [5.41, 5.74) is -0.554. The summed E-state index contributed by atoms with van der Waals surface area (Å²) < 4.78 is 10.1. The number of aryl methyl sites for hydroxylation is 1. The SMILES string of the molecule is Cn1cc(I)c(N2CCC(c3nnc(NC(=O)OC(C)(C)C)n3C)CC2)n1. The molecule has 1 aliphatic heterocycles. The van der Waals surface area contributed by atoms with Crippen molar-refractivity contribution in [2.24, 2.45) is 14.1 Å². The molecule has 1 N–H and O–H groups in total. The molecule has 0 bridgehead atoms. The standard InChI is InChI=1S/C17H26IN7O2/c1-17(2,3)27-16(26)19-15-21-20-13(24(15)5)11-6-8-25(9-7-11)14-12(18)10-23(4)22-14/h10-11H,6-9H2,1-5H3,(H,19,21,26). The molecule has 2 aromatic heterocycles. The lowest BCUT2D eigenvalue weighted by Crippen LogP contribution is -2.34. The largest absolute Gasteiger partial charge is 0.444 e. The van der Waals surface area contributed by atoms with Crippen LogP contribution in [0.3, 0.4) is 0 Å². The van der Waals surface area contributed by atoms with Gasteiger partial charge in [-0.2, -0.15) is 5.10 Å². The monoisotopic (exact) mass is 487 g/mol. The number of halogens is 1. The highest BCUT2D eigenvalue weighted by molar-refractivity contribution is 14.1. The average molecular weight is 487 g/mol. The van der Waals surface area contributed by atoms with Gasteiger partial charge in [0.05, 0.1) is 3.57 Å². The molecule has 2 aromatic rings. The van der Waals surface area contributed by atoms with E-state index in [4.69, 9.17) is 4.74 Å². The number of rotatable bonds is 3. The van der Waals surface area contributed by atoms with Crippen molar-refractivity contribution in [2.75, 3.05) is 23.3 Å². The predicted molar refractivity (Wildman–Crippen MR) is 111 cm³/mol. The molecule has 3 rings (SSSR count). The number of piperidine rings is 1. The van der Waals surface area contributed by atoms with Crippen LogP contribution in [0.15, 0.2) is 6.20 Å². The van der Waals surface area contributed by atoms with Crippen LogP contribution in [0.1, 0.15) is 45.4 Å². The molecule has 0 atom stereocenters. The van der Waals surface area contributed by atoms with Crippen molar-refractivity contribution >= 4 is 40.5 Å². The number of ether oxygens (including phenoxy) is 1. The van der Waals surface area contributed by atoms with Crippen LogP contribution in [0.2, 0.25) is 0 Å². The zero-order valence-corrected chi connectivity index (χ0v) is 18.5. The molecule has 0 aromatic carbocycles. The summed E-state index contributed by atoms with van der Waals surface area (Å²) in [5.74, 6) is 2.63. The van der Waals surface area contributed by atoms with Gasteiger partial charge in [-0.05, 0) is 56.2 Å². The first-order valence-corrected chi connectivity index (χ1v) is 10.1. The maximum atomic E-state index is 12.0. The molecule has 1 fully saturated rings. The van der Waals surface area contributed by atoms with Gasteiger partial charge < -0.3 is 9.64 Å². The molecular weight excluding hydrogens is 461 g/mol. The Morgan fingerprint density at radius 3 is 2.48 bits per heavy atom. The van der Waals surface area contributed by atoms with Crippen LogP contribution in [0.25, 0.3) is 0 Å². The molecule has 9 nitrogen and oxygen atoms in total. The molecule has 0 spiro atoms. The molecule has 0 radical (unpaired) electrons. The summed E-state index contributed by atoms with van der Waals surface area (Å²) in [4.78, 5) is 14.3. The Morgan fingerprint density at radius 2 is 1.93 bits per heavy atom. The minimum atomic E-state index is -0.554. The van der Waals surface area contributed by atoms with Gasteiger partial charge in [0.25, 0.3) is 0 Å². The Labute approximate surface area is 172 Å². The van der Waals surface area contributed by atoms with E-state index < -0.39 is 11.7 Å². The third-order valence-electron chi connectivity index (χ3n) is 4.45. The minimum absolute atomic E-state index is 0.300. The van der Waals surface area contributed by atoms with Gasteiger partial charge in [0.1, 0.15) is 11.4 Å². The van der Waals surface area contributed by atoms with Gasteiger partial charge in [-0.15, -0.1) is 10.2 Å². The molecule has 27 heavy (non-hydrogen) atoms. The molecule has 3 heterocycles. The summed E-state index contributed by atoms with van der Waals surface area (Å²) in [5, 5.41) is 15.7. The van der Waals surface area contributed by atoms with E-state index in [2.05, 4.69) is 48.1 Å². The van der Waals surface area contributed by atoms with Gasteiger partial charge in [0.15, 0.2) is 5.82 Å². The Balaban J connectivity index is 1.63. The highest BCUT2D eigenvalue weighted by Gasteiger charge is 2.28. The zero-order chi connectivity index (χ0) is 19.8. The molecule has 148 valence electrons. The molecular formula is C17H26IN7O2. The highest BCUT2D eigenvalue weighted by Crippen LogP contribution is 2.31.